The summed E-state index contributed by atoms with van der Waals surface area (Å²) in [7, 11) is 0. The molecule has 94 valence electrons. The number of carboxylic acids is 1. The lowest BCUT2D eigenvalue weighted by atomic mass is 9.77. The van der Waals surface area contributed by atoms with Crippen LogP contribution < -0.4 is 0 Å². The Labute approximate surface area is 117 Å². The minimum absolute atomic E-state index is 0.271. The van der Waals surface area contributed by atoms with E-state index in [1.165, 1.54) is 9.13 Å². The maximum atomic E-state index is 11.3. The van der Waals surface area contributed by atoms with Crippen LogP contribution in [0.3, 0.4) is 0 Å². The van der Waals surface area contributed by atoms with Gasteiger partial charge in [0.25, 0.3) is 0 Å². The van der Waals surface area contributed by atoms with Gasteiger partial charge in [-0.15, -0.1) is 0 Å². The summed E-state index contributed by atoms with van der Waals surface area (Å²) in [6.07, 6.45) is 1.34. The first-order valence-electron chi connectivity index (χ1n) is 5.88. The van der Waals surface area contributed by atoms with Crippen LogP contribution in [0.25, 0.3) is 0 Å². The smallest absolute Gasteiger partial charge is 0.309 e. The van der Waals surface area contributed by atoms with Gasteiger partial charge in [0.2, 0.25) is 0 Å². The SMILES string of the molecule is CCC(C)(CC(C)c1ccc(I)cc1)C(=O)O. The average molecular weight is 346 g/mol. The summed E-state index contributed by atoms with van der Waals surface area (Å²) in [6, 6.07) is 8.31. The quantitative estimate of drug-likeness (QED) is 0.808. The highest BCUT2D eigenvalue weighted by Crippen LogP contribution is 2.34. The minimum Gasteiger partial charge on any atom is -0.481 e. The number of rotatable bonds is 5. The van der Waals surface area contributed by atoms with Gasteiger partial charge in [-0.3, -0.25) is 4.79 Å². The summed E-state index contributed by atoms with van der Waals surface area (Å²) < 4.78 is 1.20. The van der Waals surface area contributed by atoms with Crippen molar-refractivity contribution in [1.82, 2.24) is 0 Å². The Balaban J connectivity index is 2.81. The average Bonchev–Trinajstić information content (AvgIpc) is 2.29. The number of hydrogen-bond acceptors (Lipinski definition) is 1. The molecule has 3 heteroatoms. The topological polar surface area (TPSA) is 37.3 Å². The largest absolute Gasteiger partial charge is 0.481 e. The molecule has 17 heavy (non-hydrogen) atoms. The summed E-state index contributed by atoms with van der Waals surface area (Å²) >= 11 is 2.27. The molecule has 0 aromatic heterocycles. The van der Waals surface area contributed by atoms with Crippen LogP contribution >= 0.6 is 22.6 Å². The monoisotopic (exact) mass is 346 g/mol. The molecule has 2 unspecified atom stereocenters. The predicted octanol–water partition coefficient (Wildman–Crippen LogP) is 4.29. The molecule has 0 saturated heterocycles. The van der Waals surface area contributed by atoms with Crippen molar-refractivity contribution in [2.45, 2.75) is 39.5 Å². The number of carbonyl (C=O) groups is 1. The molecule has 1 N–H and O–H groups in total. The Morgan fingerprint density at radius 3 is 2.35 bits per heavy atom. The molecule has 2 atom stereocenters. The van der Waals surface area contributed by atoms with Crippen LogP contribution in [0, 0.1) is 8.99 Å². The van der Waals surface area contributed by atoms with Crippen LogP contribution in [0.5, 0.6) is 0 Å². The molecule has 0 fully saturated rings. The van der Waals surface area contributed by atoms with Crippen molar-refractivity contribution in [3.05, 3.63) is 33.4 Å². The third-order valence-corrected chi connectivity index (χ3v) is 4.21. The number of halogens is 1. The van der Waals surface area contributed by atoms with Crippen LogP contribution in [0.15, 0.2) is 24.3 Å². The highest BCUT2D eigenvalue weighted by atomic mass is 127. The fraction of sp³-hybridized carbons (Fsp3) is 0.500. The third-order valence-electron chi connectivity index (χ3n) is 3.49. The second-order valence-electron chi connectivity index (χ2n) is 4.88. The Bertz CT molecular complexity index is 386. The number of aliphatic carboxylic acids is 1. The lowest BCUT2D eigenvalue weighted by Gasteiger charge is -2.26. The van der Waals surface area contributed by atoms with E-state index in [1.807, 2.05) is 13.8 Å². The Morgan fingerprint density at radius 1 is 1.41 bits per heavy atom. The van der Waals surface area contributed by atoms with E-state index < -0.39 is 11.4 Å². The van der Waals surface area contributed by atoms with Gasteiger partial charge in [-0.1, -0.05) is 26.0 Å². The molecule has 2 nitrogen and oxygen atoms in total. The number of hydrogen-bond donors (Lipinski definition) is 1. The van der Waals surface area contributed by atoms with Crippen molar-refractivity contribution < 1.29 is 9.90 Å². The number of carboxylic acid groups (broad SMARTS) is 1. The normalized spacial score (nSPS) is 16.2. The molecular formula is C14H19IO2. The molecule has 1 aromatic carbocycles. The van der Waals surface area contributed by atoms with E-state index in [0.29, 0.717) is 12.8 Å². The van der Waals surface area contributed by atoms with Gasteiger partial charge >= 0.3 is 5.97 Å². The Kier molecular flexibility index (Phi) is 4.98. The van der Waals surface area contributed by atoms with Gasteiger partial charge < -0.3 is 5.11 Å². The lowest BCUT2D eigenvalue weighted by molar-refractivity contribution is -0.148. The summed E-state index contributed by atoms with van der Waals surface area (Å²) in [4.78, 5) is 11.3. The van der Waals surface area contributed by atoms with Crippen LogP contribution in [-0.4, -0.2) is 11.1 Å². The van der Waals surface area contributed by atoms with Crippen LogP contribution in [-0.2, 0) is 4.79 Å². The molecule has 0 aliphatic heterocycles. The molecule has 1 aromatic rings. The van der Waals surface area contributed by atoms with Gasteiger partial charge in [0, 0.05) is 3.57 Å². The fourth-order valence-electron chi connectivity index (χ4n) is 1.97. The Morgan fingerprint density at radius 2 is 1.94 bits per heavy atom. The van der Waals surface area contributed by atoms with Crippen molar-refractivity contribution in [3.8, 4) is 0 Å². The predicted molar refractivity (Wildman–Crippen MR) is 78.2 cm³/mol. The molecule has 1 rings (SSSR count). The van der Waals surface area contributed by atoms with Crippen molar-refractivity contribution >= 4 is 28.6 Å². The minimum atomic E-state index is -0.697. The zero-order chi connectivity index (χ0) is 13.1. The summed E-state index contributed by atoms with van der Waals surface area (Å²) in [5, 5.41) is 9.27. The summed E-state index contributed by atoms with van der Waals surface area (Å²) in [5.41, 5.74) is 0.592. The molecule has 0 radical (unpaired) electrons. The van der Waals surface area contributed by atoms with Crippen LogP contribution in [0.2, 0.25) is 0 Å². The molecular weight excluding hydrogens is 327 g/mol. The first kappa shape index (κ1) is 14.5. The van der Waals surface area contributed by atoms with Crippen molar-refractivity contribution in [2.75, 3.05) is 0 Å². The molecule has 0 saturated carbocycles. The second-order valence-corrected chi connectivity index (χ2v) is 6.12. The van der Waals surface area contributed by atoms with Crippen LogP contribution in [0.1, 0.15) is 45.1 Å². The fourth-order valence-corrected chi connectivity index (χ4v) is 2.33. The first-order valence-corrected chi connectivity index (χ1v) is 6.96. The lowest BCUT2D eigenvalue weighted by Crippen LogP contribution is -2.28. The van der Waals surface area contributed by atoms with E-state index in [-0.39, 0.29) is 5.92 Å². The second kappa shape index (κ2) is 5.85. The van der Waals surface area contributed by atoms with E-state index in [4.69, 9.17) is 0 Å². The molecule has 0 amide bonds. The zero-order valence-electron chi connectivity index (χ0n) is 10.5. The van der Waals surface area contributed by atoms with E-state index in [2.05, 4.69) is 53.8 Å². The molecule has 0 spiro atoms. The molecule has 0 aliphatic rings. The molecule has 0 aliphatic carbocycles. The van der Waals surface area contributed by atoms with Gasteiger partial charge in [0.15, 0.2) is 0 Å². The highest BCUT2D eigenvalue weighted by molar-refractivity contribution is 14.1. The standard InChI is InChI=1S/C14H19IO2/c1-4-14(3,13(16)17)9-10(2)11-5-7-12(15)8-6-11/h5-8,10H,4,9H2,1-3H3,(H,16,17). The van der Waals surface area contributed by atoms with Crippen molar-refractivity contribution in [3.63, 3.8) is 0 Å². The Hall–Kier alpha value is -0.580. The first-order chi connectivity index (χ1) is 7.89. The van der Waals surface area contributed by atoms with Crippen molar-refractivity contribution in [2.24, 2.45) is 5.41 Å². The van der Waals surface area contributed by atoms with E-state index >= 15 is 0 Å². The van der Waals surface area contributed by atoms with Crippen molar-refractivity contribution in [1.29, 1.82) is 0 Å². The maximum Gasteiger partial charge on any atom is 0.309 e. The summed E-state index contributed by atoms with van der Waals surface area (Å²) in [5.74, 6) is -0.426. The van der Waals surface area contributed by atoms with Gasteiger partial charge in [-0.2, -0.15) is 0 Å². The highest BCUT2D eigenvalue weighted by Gasteiger charge is 2.32. The van der Waals surface area contributed by atoms with Gasteiger partial charge in [0.1, 0.15) is 0 Å². The van der Waals surface area contributed by atoms with Gasteiger partial charge in [-0.05, 0) is 66.0 Å². The molecule has 0 bridgehead atoms. The number of benzene rings is 1. The van der Waals surface area contributed by atoms with Gasteiger partial charge in [-0.25, -0.2) is 0 Å². The maximum absolute atomic E-state index is 11.3. The summed E-state index contributed by atoms with van der Waals surface area (Å²) in [6.45, 7) is 5.87. The zero-order valence-corrected chi connectivity index (χ0v) is 12.7. The molecule has 0 heterocycles. The van der Waals surface area contributed by atoms with Gasteiger partial charge in [0.05, 0.1) is 5.41 Å². The van der Waals surface area contributed by atoms with E-state index in [1.54, 1.807) is 0 Å². The van der Waals surface area contributed by atoms with E-state index in [0.717, 1.165) is 0 Å². The third kappa shape index (κ3) is 3.69. The van der Waals surface area contributed by atoms with E-state index in [9.17, 15) is 9.90 Å². The van der Waals surface area contributed by atoms with Crippen LogP contribution in [0.4, 0.5) is 0 Å².